The zero-order chi connectivity index (χ0) is 3.54. The molecule has 0 aliphatic carbocycles. The molecular formula is C3H6N2. The molecule has 2 nitrogen and oxygen atoms in total. The first-order valence-corrected chi connectivity index (χ1v) is 1.49. The molecule has 0 spiro atoms. The maximum Gasteiger partial charge on any atom is 0.239 e. The Morgan fingerprint density at radius 3 is 3.00 bits per heavy atom. The van der Waals surface area contributed by atoms with Gasteiger partial charge in [0.25, 0.3) is 0 Å². The van der Waals surface area contributed by atoms with E-state index in [1.807, 2.05) is 12.4 Å². The Balaban J connectivity index is 0.000000250. The normalized spacial score (nSPS) is 8.00. The van der Waals surface area contributed by atoms with Crippen molar-refractivity contribution in [2.75, 3.05) is 0 Å². The van der Waals surface area contributed by atoms with Gasteiger partial charge in [-0.25, -0.2) is 0 Å². The van der Waals surface area contributed by atoms with Crippen LogP contribution in [0.25, 0.3) is 0 Å². The van der Waals surface area contributed by atoms with E-state index in [1.165, 1.54) is 0 Å². The van der Waals surface area contributed by atoms with Crippen LogP contribution in [0, 0.1) is 0 Å². The van der Waals surface area contributed by atoms with Crippen LogP contribution in [0.5, 0.6) is 0 Å². The molecule has 2 N–H and O–H groups in total. The molecule has 1 aromatic heterocycles. The summed E-state index contributed by atoms with van der Waals surface area (Å²) in [4.78, 5) is 5.61. The number of hydrogen-bond acceptors (Lipinski definition) is 0. The van der Waals surface area contributed by atoms with Gasteiger partial charge in [0.05, 0.1) is 0 Å². The Kier molecular flexibility index (Phi) is 0.433. The van der Waals surface area contributed by atoms with Gasteiger partial charge in [0.15, 0.2) is 0 Å². The first-order chi connectivity index (χ1) is 2.50. The molecule has 5 heavy (non-hydrogen) atoms. The molecule has 0 amide bonds. The minimum absolute atomic E-state index is 0. The van der Waals surface area contributed by atoms with Crippen LogP contribution in [0.2, 0.25) is 0 Å². The van der Waals surface area contributed by atoms with Gasteiger partial charge in [-0.05, 0) is 0 Å². The highest BCUT2D eigenvalue weighted by Crippen LogP contribution is 1.53. The summed E-state index contributed by atoms with van der Waals surface area (Å²) in [6.45, 7) is 0. The molecule has 0 aliphatic heterocycles. The molecule has 0 saturated heterocycles. The number of hydrogen-bond donors (Lipinski definition) is 1. The largest absolute Gasteiger partial charge is 1.00 e. The van der Waals surface area contributed by atoms with E-state index in [4.69, 9.17) is 0 Å². The molecule has 0 saturated carbocycles. The summed E-state index contributed by atoms with van der Waals surface area (Å²) in [5, 5.41) is 0. The molecule has 0 unspecified atom stereocenters. The van der Waals surface area contributed by atoms with E-state index in [-0.39, 0.29) is 1.43 Å². The van der Waals surface area contributed by atoms with Crippen molar-refractivity contribution < 1.29 is 6.41 Å². The third-order valence-corrected chi connectivity index (χ3v) is 0.442. The van der Waals surface area contributed by atoms with E-state index in [0.29, 0.717) is 0 Å². The summed E-state index contributed by atoms with van der Waals surface area (Å²) >= 11 is 0. The van der Waals surface area contributed by atoms with Crippen molar-refractivity contribution in [3.05, 3.63) is 18.7 Å². The van der Waals surface area contributed by atoms with Crippen LogP contribution in [0.4, 0.5) is 0 Å². The third-order valence-electron chi connectivity index (χ3n) is 0.442. The lowest BCUT2D eigenvalue weighted by atomic mass is 11.0. The van der Waals surface area contributed by atoms with Gasteiger partial charge in [-0.15, -0.1) is 0 Å². The highest BCUT2D eigenvalue weighted by atomic mass is 14.8. The SMILES string of the molecule is [H-].c1c[nH+]c[nH]1. The fourth-order valence-electron chi connectivity index (χ4n) is 0.241. The minimum Gasteiger partial charge on any atom is -1.00 e. The van der Waals surface area contributed by atoms with Gasteiger partial charge in [0, 0.05) is 0 Å². The fraction of sp³-hybridized carbons (Fsp3) is 0. The maximum atomic E-state index is 2.81. The van der Waals surface area contributed by atoms with Crippen molar-refractivity contribution in [2.24, 2.45) is 0 Å². The van der Waals surface area contributed by atoms with E-state index in [2.05, 4.69) is 9.97 Å². The third kappa shape index (κ3) is 0.265. The Morgan fingerprint density at radius 2 is 2.80 bits per heavy atom. The quantitative estimate of drug-likeness (QED) is 0.443. The number of aromatic nitrogens is 2. The summed E-state index contributed by atoms with van der Waals surface area (Å²) < 4.78 is 0. The van der Waals surface area contributed by atoms with Crippen molar-refractivity contribution >= 4 is 0 Å². The van der Waals surface area contributed by atoms with E-state index < -0.39 is 0 Å². The molecule has 2 heteroatoms. The van der Waals surface area contributed by atoms with E-state index in [9.17, 15) is 0 Å². The van der Waals surface area contributed by atoms with Crippen LogP contribution in [0.15, 0.2) is 18.7 Å². The number of H-pyrrole nitrogens is 2. The molecule has 1 heterocycles. The molecule has 0 bridgehead atoms. The second-order valence-electron chi connectivity index (χ2n) is 0.811. The van der Waals surface area contributed by atoms with Crippen molar-refractivity contribution in [3.8, 4) is 0 Å². The number of aromatic amines is 2. The smallest absolute Gasteiger partial charge is 0.239 e. The monoisotopic (exact) mass is 70.1 g/mol. The highest BCUT2D eigenvalue weighted by molar-refractivity contribution is 4.52. The number of nitrogens with one attached hydrogen (secondary N) is 2. The molecule has 0 radical (unpaired) electrons. The Bertz CT molecular complexity index is 65.3. The van der Waals surface area contributed by atoms with Crippen molar-refractivity contribution in [3.63, 3.8) is 0 Å². The summed E-state index contributed by atoms with van der Waals surface area (Å²) in [6.07, 6.45) is 5.39. The van der Waals surface area contributed by atoms with Crippen LogP contribution < -0.4 is 4.98 Å². The van der Waals surface area contributed by atoms with E-state index >= 15 is 0 Å². The van der Waals surface area contributed by atoms with E-state index in [1.54, 1.807) is 6.33 Å². The Labute approximate surface area is 31.3 Å². The molecule has 0 aromatic carbocycles. The highest BCUT2D eigenvalue weighted by Gasteiger charge is 1.65. The molecule has 1 rings (SSSR count). The van der Waals surface area contributed by atoms with Crippen molar-refractivity contribution in [1.29, 1.82) is 0 Å². The summed E-state index contributed by atoms with van der Waals surface area (Å²) in [7, 11) is 0. The zero-order valence-electron chi connectivity index (χ0n) is 3.73. The molecule has 28 valence electrons. The average Bonchev–Trinajstić information content (AvgIpc) is 1.76. The second-order valence-corrected chi connectivity index (χ2v) is 0.811. The summed E-state index contributed by atoms with van der Waals surface area (Å²) in [5.74, 6) is 0. The number of imidazole rings is 1. The lowest BCUT2D eigenvalue weighted by Gasteiger charge is -1.37. The van der Waals surface area contributed by atoms with Gasteiger partial charge < -0.3 is 1.43 Å². The van der Waals surface area contributed by atoms with Gasteiger partial charge >= 0.3 is 0 Å². The first kappa shape index (κ1) is 2.45. The average molecular weight is 70.1 g/mol. The molecule has 0 aliphatic rings. The second kappa shape index (κ2) is 0.885. The molecule has 0 atom stereocenters. The molecular weight excluding hydrogens is 64.0 g/mol. The fourth-order valence-corrected chi connectivity index (χ4v) is 0.241. The first-order valence-electron chi connectivity index (χ1n) is 1.49. The zero-order valence-corrected chi connectivity index (χ0v) is 2.73. The van der Waals surface area contributed by atoms with Crippen LogP contribution in [0.1, 0.15) is 1.43 Å². The van der Waals surface area contributed by atoms with Gasteiger partial charge in [0.2, 0.25) is 6.33 Å². The standard InChI is InChI=1S/C3H4N2.H/c1-2-5-3-4-1;/h1-3H,(H,4,5);/q;-1/p+1. The van der Waals surface area contributed by atoms with Crippen LogP contribution in [-0.2, 0) is 0 Å². The summed E-state index contributed by atoms with van der Waals surface area (Å²) in [6, 6.07) is 0. The predicted molar refractivity (Wildman–Crippen MR) is 18.5 cm³/mol. The van der Waals surface area contributed by atoms with Crippen molar-refractivity contribution in [2.45, 2.75) is 0 Å². The van der Waals surface area contributed by atoms with Crippen LogP contribution in [0.3, 0.4) is 0 Å². The number of rotatable bonds is 0. The van der Waals surface area contributed by atoms with Gasteiger partial charge in [0.1, 0.15) is 12.4 Å². The Morgan fingerprint density at radius 1 is 1.80 bits per heavy atom. The molecule has 0 fully saturated rings. The topological polar surface area (TPSA) is 29.9 Å². The lowest BCUT2D eigenvalue weighted by molar-refractivity contribution is -0.375. The minimum atomic E-state index is 0. The predicted octanol–water partition coefficient (Wildman–Crippen LogP) is -0.0587. The van der Waals surface area contributed by atoms with Gasteiger partial charge in [-0.2, -0.15) is 0 Å². The van der Waals surface area contributed by atoms with Crippen molar-refractivity contribution in [1.82, 2.24) is 4.98 Å². The maximum absolute atomic E-state index is 2.81. The van der Waals surface area contributed by atoms with E-state index in [0.717, 1.165) is 0 Å². The van der Waals surface area contributed by atoms with Crippen LogP contribution in [-0.4, -0.2) is 4.98 Å². The summed E-state index contributed by atoms with van der Waals surface area (Å²) in [5.41, 5.74) is 0. The lowest BCUT2D eigenvalue weighted by Crippen LogP contribution is -1.87. The van der Waals surface area contributed by atoms with Gasteiger partial charge in [-0.3, -0.25) is 9.97 Å². The molecule has 1 aromatic rings. The Hall–Kier alpha value is -0.790. The van der Waals surface area contributed by atoms with Gasteiger partial charge in [-0.1, -0.05) is 0 Å². The van der Waals surface area contributed by atoms with Crippen LogP contribution >= 0.6 is 0 Å².